The van der Waals surface area contributed by atoms with Gasteiger partial charge in [0.15, 0.2) is 12.4 Å². The summed E-state index contributed by atoms with van der Waals surface area (Å²) in [5, 5.41) is 17.9. The molecule has 0 bridgehead atoms. The van der Waals surface area contributed by atoms with Gasteiger partial charge < -0.3 is 24.8 Å². The van der Waals surface area contributed by atoms with Gasteiger partial charge in [-0.3, -0.25) is 13.9 Å². The number of anilines is 1. The molecule has 1 aromatic heterocycles. The first-order valence-corrected chi connectivity index (χ1v) is 14.2. The number of benzene rings is 2. The molecule has 2 aromatic carbocycles. The second-order valence-corrected chi connectivity index (χ2v) is 11.3. The van der Waals surface area contributed by atoms with Gasteiger partial charge in [-0.1, -0.05) is 41.5 Å². The number of halogens is 1. The number of carbonyl (C=O) groups is 1. The number of nitrogens with zero attached hydrogens (tertiary/aromatic N) is 5. The number of rotatable bonds is 11. The number of carbonyl (C=O) groups excluding carboxylic acids is 1. The molecular weight excluding hydrogens is 576 g/mol. The van der Waals surface area contributed by atoms with Crippen molar-refractivity contribution in [3.05, 3.63) is 75.7 Å². The fraction of sp³-hybridized carbons (Fsp3) is 0.400. The van der Waals surface area contributed by atoms with Gasteiger partial charge in [0.05, 0.1) is 12.7 Å². The van der Waals surface area contributed by atoms with Crippen molar-refractivity contribution in [2.45, 2.75) is 57.1 Å². The molecular formula is C25H29FN7O8P. The van der Waals surface area contributed by atoms with Crippen LogP contribution in [0.1, 0.15) is 27.0 Å². The van der Waals surface area contributed by atoms with Crippen LogP contribution in [0.5, 0.6) is 5.75 Å². The number of fused-ring (bicyclic) bond motifs is 1. The van der Waals surface area contributed by atoms with Gasteiger partial charge in [0.2, 0.25) is 5.72 Å². The number of ether oxygens (including phenoxy) is 2. The van der Waals surface area contributed by atoms with Crippen LogP contribution < -0.4 is 21.0 Å². The van der Waals surface area contributed by atoms with E-state index in [9.17, 15) is 24.8 Å². The number of hydrogen-bond acceptors (Lipinski definition) is 11. The Bertz CT molecular complexity index is 1610. The number of aliphatic hydroxyl groups excluding tert-OH is 1. The van der Waals surface area contributed by atoms with Crippen LogP contribution in [0, 0.1) is 0 Å². The van der Waals surface area contributed by atoms with Crippen LogP contribution in [-0.4, -0.2) is 57.4 Å². The Morgan fingerprint density at radius 3 is 2.71 bits per heavy atom. The predicted octanol–water partition coefficient (Wildman–Crippen LogP) is 3.35. The number of alkyl halides is 1. The van der Waals surface area contributed by atoms with Crippen molar-refractivity contribution in [3.8, 4) is 5.75 Å². The van der Waals surface area contributed by atoms with Gasteiger partial charge in [-0.25, -0.2) is 13.8 Å². The van der Waals surface area contributed by atoms with E-state index in [-0.39, 0.29) is 11.6 Å². The lowest BCUT2D eigenvalue weighted by Crippen LogP contribution is -2.45. The average molecular weight is 606 g/mol. The van der Waals surface area contributed by atoms with E-state index in [4.69, 9.17) is 24.3 Å². The minimum atomic E-state index is -4.62. The van der Waals surface area contributed by atoms with Crippen LogP contribution >= 0.6 is 7.75 Å². The van der Waals surface area contributed by atoms with Crippen LogP contribution in [0.15, 0.2) is 64.6 Å². The number of nitrogen functional groups attached to an aromatic ring is 1. The molecule has 1 saturated heterocycles. The summed E-state index contributed by atoms with van der Waals surface area (Å²) >= 11 is 0. The molecule has 4 rings (SSSR count). The van der Waals surface area contributed by atoms with Crippen molar-refractivity contribution in [1.29, 1.82) is 0 Å². The van der Waals surface area contributed by atoms with E-state index in [0.717, 1.165) is 11.6 Å². The molecule has 42 heavy (non-hydrogen) atoms. The molecule has 0 radical (unpaired) electrons. The molecule has 0 aliphatic carbocycles. The van der Waals surface area contributed by atoms with Gasteiger partial charge in [0, 0.05) is 16.5 Å². The molecule has 3 aromatic rings. The van der Waals surface area contributed by atoms with Crippen LogP contribution in [0.25, 0.3) is 21.2 Å². The molecule has 6 atom stereocenters. The quantitative estimate of drug-likeness (QED) is 0.0947. The number of aromatic nitrogens is 2. The molecule has 2 heterocycles. The zero-order valence-corrected chi connectivity index (χ0v) is 23.6. The topological polar surface area (TPSA) is 213 Å². The summed E-state index contributed by atoms with van der Waals surface area (Å²) in [6.45, 7) is 3.57. The van der Waals surface area contributed by atoms with Crippen molar-refractivity contribution >= 4 is 30.3 Å². The molecule has 0 amide bonds. The summed E-state index contributed by atoms with van der Waals surface area (Å²) in [6.07, 6.45) is -5.74. The highest BCUT2D eigenvalue weighted by Crippen LogP contribution is 2.49. The molecule has 0 saturated carbocycles. The minimum Gasteiger partial charge on any atom is -0.462 e. The average Bonchev–Trinajstić information content (AvgIpc) is 3.17. The Balaban J connectivity index is 1.68. The number of nitrogens with two attached hydrogens (primary N) is 1. The maximum atomic E-state index is 15.3. The third-order valence-electron chi connectivity index (χ3n) is 6.17. The second kappa shape index (κ2) is 12.4. The van der Waals surface area contributed by atoms with Gasteiger partial charge in [0.1, 0.15) is 23.7 Å². The maximum absolute atomic E-state index is 15.3. The summed E-state index contributed by atoms with van der Waals surface area (Å²) in [5.41, 5.74) is 11.2. The van der Waals surface area contributed by atoms with Crippen molar-refractivity contribution in [2.75, 3.05) is 12.3 Å². The lowest BCUT2D eigenvalue weighted by atomic mass is 10.1. The van der Waals surface area contributed by atoms with Crippen LogP contribution in [0.4, 0.5) is 10.2 Å². The second-order valence-electron chi connectivity index (χ2n) is 9.65. The monoisotopic (exact) mass is 605 g/mol. The van der Waals surface area contributed by atoms with E-state index in [1.165, 1.54) is 19.1 Å². The molecule has 1 fully saturated rings. The Hall–Kier alpha value is -4.04. The molecule has 1 aliphatic heterocycles. The molecule has 0 spiro atoms. The Morgan fingerprint density at radius 1 is 1.31 bits per heavy atom. The highest BCUT2D eigenvalue weighted by atomic mass is 31.2. The summed E-state index contributed by atoms with van der Waals surface area (Å²) in [5.74, 6) is -0.825. The lowest BCUT2D eigenvalue weighted by molar-refractivity contribution is -0.149. The van der Waals surface area contributed by atoms with Gasteiger partial charge in [-0.15, -0.1) is 0 Å². The van der Waals surface area contributed by atoms with Crippen molar-refractivity contribution in [1.82, 2.24) is 14.6 Å². The highest BCUT2D eigenvalue weighted by Gasteiger charge is 2.57. The molecule has 1 aliphatic rings. The van der Waals surface area contributed by atoms with E-state index >= 15 is 4.39 Å². The Morgan fingerprint density at radius 2 is 2.02 bits per heavy atom. The third-order valence-corrected chi connectivity index (χ3v) is 7.78. The van der Waals surface area contributed by atoms with E-state index < -0.39 is 62.4 Å². The molecule has 15 nitrogen and oxygen atoms in total. The van der Waals surface area contributed by atoms with E-state index in [1.807, 2.05) is 0 Å². The zero-order valence-electron chi connectivity index (χ0n) is 22.7. The Kier molecular flexibility index (Phi) is 9.16. The van der Waals surface area contributed by atoms with E-state index in [1.54, 1.807) is 50.2 Å². The first-order valence-electron chi connectivity index (χ1n) is 12.7. The molecule has 1 unspecified atom stereocenters. The van der Waals surface area contributed by atoms with Crippen LogP contribution in [0.2, 0.25) is 0 Å². The van der Waals surface area contributed by atoms with Crippen LogP contribution in [-0.2, 0) is 23.4 Å². The number of esters is 1. The highest BCUT2D eigenvalue weighted by molar-refractivity contribution is 7.52. The minimum absolute atomic E-state index is 0.0971. The van der Waals surface area contributed by atoms with Crippen molar-refractivity contribution < 1.29 is 37.4 Å². The molecule has 224 valence electrons. The predicted molar refractivity (Wildman–Crippen MR) is 148 cm³/mol. The Labute approximate surface area is 238 Å². The smallest absolute Gasteiger partial charge is 0.459 e. The maximum Gasteiger partial charge on any atom is 0.459 e. The zero-order chi connectivity index (χ0) is 30.7. The van der Waals surface area contributed by atoms with Gasteiger partial charge in [0.25, 0.3) is 0 Å². The first-order chi connectivity index (χ1) is 19.9. The van der Waals surface area contributed by atoms with Crippen molar-refractivity contribution in [2.24, 2.45) is 5.11 Å². The van der Waals surface area contributed by atoms with Crippen LogP contribution in [0.3, 0.4) is 0 Å². The van der Waals surface area contributed by atoms with E-state index in [2.05, 4.69) is 20.1 Å². The normalized spacial score (nSPS) is 24.1. The summed E-state index contributed by atoms with van der Waals surface area (Å²) in [7, 11) is -4.62. The number of nitrogens with one attached hydrogen (secondary N) is 1. The fourth-order valence-electron chi connectivity index (χ4n) is 4.18. The van der Waals surface area contributed by atoms with Gasteiger partial charge in [-0.2, -0.15) is 10.1 Å². The largest absolute Gasteiger partial charge is 0.462 e. The SMILES string of the molecule is CC(C)OC(=O)[C@H](C)NP(=O)(OC[C@@]1(N=[N+]=[N-])O[C@@H](n2ccc(N)nc2=O)[C@H](F)[C@@H]1O)Oc1cccc2ccccc12. The number of azide groups is 1. The molecule has 4 N–H and O–H groups in total. The summed E-state index contributed by atoms with van der Waals surface area (Å²) in [6, 6.07) is 11.9. The van der Waals surface area contributed by atoms with Crippen molar-refractivity contribution in [3.63, 3.8) is 0 Å². The third kappa shape index (κ3) is 6.54. The summed E-state index contributed by atoms with van der Waals surface area (Å²) < 4.78 is 52.3. The lowest BCUT2D eigenvalue weighted by Gasteiger charge is -2.29. The fourth-order valence-corrected chi connectivity index (χ4v) is 5.71. The van der Waals surface area contributed by atoms with Gasteiger partial charge in [-0.05, 0) is 43.8 Å². The molecule has 17 heteroatoms. The van der Waals surface area contributed by atoms with Gasteiger partial charge >= 0.3 is 19.4 Å². The number of hydrogen-bond donors (Lipinski definition) is 3. The van der Waals surface area contributed by atoms with E-state index in [0.29, 0.717) is 9.95 Å². The summed E-state index contributed by atoms with van der Waals surface area (Å²) in [4.78, 5) is 31.0. The standard InChI is InChI=1S/C25H29FN7O8P/c1-14(2)39-23(35)15(3)30-42(37,41-18-10-6-8-16-7-4-5-9-17(16)18)38-13-25(31-32-28)21(34)20(26)22(40-25)33-12-11-19(27)29-24(33)36/h4-12,14-15,20-22,34H,13H2,1-3H3,(H,30,37)(H2,27,29,36)/t15-,20+,21-,22+,25+,42?/m0/s1. The number of aliphatic hydroxyl groups is 1. The first kappa shape index (κ1) is 30.9.